The van der Waals surface area contributed by atoms with Gasteiger partial charge in [-0.3, -0.25) is 0 Å². The van der Waals surface area contributed by atoms with E-state index in [1.54, 1.807) is 11.8 Å². The minimum absolute atomic E-state index is 0.431. The van der Waals surface area contributed by atoms with Crippen LogP contribution in [0, 0.1) is 6.92 Å². The minimum atomic E-state index is 0.431. The number of nitrogens with two attached hydrogens (primary N) is 1. The fraction of sp³-hybridized carbons (Fsp3) is 0.273. The van der Waals surface area contributed by atoms with Crippen molar-refractivity contribution in [3.63, 3.8) is 0 Å². The molecule has 70 valence electrons. The summed E-state index contributed by atoms with van der Waals surface area (Å²) in [6.07, 6.45) is 1.94. The smallest absolute Gasteiger partial charge is 0.0354 e. The van der Waals surface area contributed by atoms with E-state index in [-0.39, 0.29) is 0 Å². The maximum atomic E-state index is 5.80. The van der Waals surface area contributed by atoms with Crippen LogP contribution in [0.4, 0.5) is 5.69 Å². The first kappa shape index (κ1) is 10.2. The van der Waals surface area contributed by atoms with Crippen molar-refractivity contribution in [1.82, 2.24) is 0 Å². The largest absolute Gasteiger partial charge is 0.398 e. The highest BCUT2D eigenvalue weighted by Gasteiger charge is 2.04. The molecule has 1 aromatic carbocycles. The Balaban J connectivity index is 2.88. The van der Waals surface area contributed by atoms with E-state index in [2.05, 4.69) is 19.6 Å². The second-order valence-corrected chi connectivity index (χ2v) is 4.45. The number of hydrogen-bond acceptors (Lipinski definition) is 2. The summed E-state index contributed by atoms with van der Waals surface area (Å²) in [5.41, 5.74) is 7.83. The van der Waals surface area contributed by atoms with Gasteiger partial charge in [-0.15, -0.1) is 18.3 Å². The van der Waals surface area contributed by atoms with Crippen molar-refractivity contribution < 1.29 is 0 Å². The molecule has 0 heterocycles. The average Bonchev–Trinajstić information content (AvgIpc) is 2.13. The van der Waals surface area contributed by atoms with Crippen molar-refractivity contribution in [2.45, 2.75) is 24.0 Å². The molecule has 13 heavy (non-hydrogen) atoms. The van der Waals surface area contributed by atoms with Gasteiger partial charge in [0.1, 0.15) is 0 Å². The van der Waals surface area contributed by atoms with Gasteiger partial charge in [0.15, 0.2) is 0 Å². The monoisotopic (exact) mass is 193 g/mol. The lowest BCUT2D eigenvalue weighted by molar-refractivity contribution is 1.22. The maximum Gasteiger partial charge on any atom is 0.0354 e. The molecule has 0 saturated carbocycles. The Labute approximate surface area is 84.0 Å². The lowest BCUT2D eigenvalue weighted by Gasteiger charge is -2.10. The van der Waals surface area contributed by atoms with Crippen LogP contribution in [0.2, 0.25) is 0 Å². The third-order valence-electron chi connectivity index (χ3n) is 1.97. The Hall–Kier alpha value is -0.890. The lowest BCUT2D eigenvalue weighted by atomic mass is 10.2. The quantitative estimate of drug-likeness (QED) is 0.453. The highest BCUT2D eigenvalue weighted by Crippen LogP contribution is 2.29. The molecule has 0 aromatic heterocycles. The second-order valence-electron chi connectivity index (χ2n) is 3.03. The molecule has 0 saturated heterocycles. The normalized spacial score (nSPS) is 12.5. The Kier molecular flexibility index (Phi) is 3.43. The first-order valence-corrected chi connectivity index (χ1v) is 5.17. The molecule has 0 fully saturated rings. The molecule has 1 atom stereocenters. The molecule has 0 radical (unpaired) electrons. The van der Waals surface area contributed by atoms with Crippen molar-refractivity contribution in [2.24, 2.45) is 0 Å². The number of hydrogen-bond donors (Lipinski definition) is 1. The average molecular weight is 193 g/mol. The highest BCUT2D eigenvalue weighted by atomic mass is 32.2. The summed E-state index contributed by atoms with van der Waals surface area (Å²) < 4.78 is 0. The van der Waals surface area contributed by atoms with E-state index in [0.29, 0.717) is 5.25 Å². The zero-order valence-corrected chi connectivity index (χ0v) is 8.90. The van der Waals surface area contributed by atoms with Gasteiger partial charge in [-0.25, -0.2) is 0 Å². The van der Waals surface area contributed by atoms with Crippen molar-refractivity contribution in [2.75, 3.05) is 5.73 Å². The first-order valence-electron chi connectivity index (χ1n) is 4.29. The summed E-state index contributed by atoms with van der Waals surface area (Å²) in [6, 6.07) is 6.01. The summed E-state index contributed by atoms with van der Waals surface area (Å²) in [6.45, 7) is 7.93. The second kappa shape index (κ2) is 4.38. The van der Waals surface area contributed by atoms with E-state index in [1.165, 1.54) is 10.5 Å². The van der Waals surface area contributed by atoms with Gasteiger partial charge in [0.05, 0.1) is 0 Å². The molecule has 2 heteroatoms. The molecule has 2 N–H and O–H groups in total. The number of rotatable bonds is 3. The van der Waals surface area contributed by atoms with Gasteiger partial charge < -0.3 is 5.73 Å². The van der Waals surface area contributed by atoms with Gasteiger partial charge >= 0.3 is 0 Å². The summed E-state index contributed by atoms with van der Waals surface area (Å²) >= 11 is 1.79. The zero-order chi connectivity index (χ0) is 9.84. The molecule has 0 bridgehead atoms. The van der Waals surface area contributed by atoms with E-state index in [4.69, 9.17) is 5.73 Å². The number of benzene rings is 1. The van der Waals surface area contributed by atoms with Gasteiger partial charge in [-0.05, 0) is 31.5 Å². The van der Waals surface area contributed by atoms with Crippen LogP contribution in [0.5, 0.6) is 0 Å². The Morgan fingerprint density at radius 1 is 1.54 bits per heavy atom. The maximum absolute atomic E-state index is 5.80. The standard InChI is InChI=1S/C11H15NS/c1-4-8(2)13-11-7-5-6-10(12)9(11)3/h4-8H,1,12H2,2-3H3. The Bertz CT molecular complexity index is 307. The van der Waals surface area contributed by atoms with Gasteiger partial charge in [-0.1, -0.05) is 12.1 Å². The van der Waals surface area contributed by atoms with Crippen molar-refractivity contribution in [3.05, 3.63) is 36.4 Å². The van der Waals surface area contributed by atoms with Gasteiger partial charge in [-0.2, -0.15) is 0 Å². The fourth-order valence-electron chi connectivity index (χ4n) is 1.01. The molecule has 0 aliphatic carbocycles. The van der Waals surface area contributed by atoms with Crippen LogP contribution in [-0.4, -0.2) is 5.25 Å². The molecule has 1 nitrogen and oxygen atoms in total. The molecule has 0 amide bonds. The third-order valence-corrected chi connectivity index (χ3v) is 3.23. The summed E-state index contributed by atoms with van der Waals surface area (Å²) in [7, 11) is 0. The number of anilines is 1. The number of thioether (sulfide) groups is 1. The van der Waals surface area contributed by atoms with Crippen LogP contribution in [0.25, 0.3) is 0 Å². The van der Waals surface area contributed by atoms with Crippen LogP contribution in [0.15, 0.2) is 35.7 Å². The summed E-state index contributed by atoms with van der Waals surface area (Å²) in [5.74, 6) is 0. The molecule has 1 rings (SSSR count). The Morgan fingerprint density at radius 3 is 2.85 bits per heavy atom. The predicted molar refractivity (Wildman–Crippen MR) is 61.1 cm³/mol. The first-order chi connectivity index (χ1) is 6.15. The van der Waals surface area contributed by atoms with E-state index < -0.39 is 0 Å². The Morgan fingerprint density at radius 2 is 2.23 bits per heavy atom. The van der Waals surface area contributed by atoms with Crippen LogP contribution in [0.1, 0.15) is 12.5 Å². The molecule has 0 aliphatic rings. The molecular formula is C11H15NS. The lowest BCUT2D eigenvalue weighted by Crippen LogP contribution is -1.94. The summed E-state index contributed by atoms with van der Waals surface area (Å²) in [4.78, 5) is 1.24. The van der Waals surface area contributed by atoms with E-state index in [1.807, 2.05) is 25.1 Å². The highest BCUT2D eigenvalue weighted by molar-refractivity contribution is 8.00. The topological polar surface area (TPSA) is 26.0 Å². The SMILES string of the molecule is C=CC(C)Sc1cccc(N)c1C. The van der Waals surface area contributed by atoms with Gasteiger partial charge in [0, 0.05) is 15.8 Å². The van der Waals surface area contributed by atoms with Crippen LogP contribution in [0.3, 0.4) is 0 Å². The van der Waals surface area contributed by atoms with Crippen molar-refractivity contribution >= 4 is 17.4 Å². The molecule has 0 spiro atoms. The van der Waals surface area contributed by atoms with E-state index in [0.717, 1.165) is 5.69 Å². The van der Waals surface area contributed by atoms with Gasteiger partial charge in [0.25, 0.3) is 0 Å². The molecule has 1 aromatic rings. The van der Waals surface area contributed by atoms with E-state index >= 15 is 0 Å². The minimum Gasteiger partial charge on any atom is -0.398 e. The van der Waals surface area contributed by atoms with Crippen molar-refractivity contribution in [1.29, 1.82) is 0 Å². The van der Waals surface area contributed by atoms with Crippen LogP contribution in [-0.2, 0) is 0 Å². The molecule has 1 unspecified atom stereocenters. The summed E-state index contributed by atoms with van der Waals surface area (Å²) in [5, 5.41) is 0.431. The molecular weight excluding hydrogens is 178 g/mol. The molecule has 0 aliphatic heterocycles. The number of nitrogen functional groups attached to an aromatic ring is 1. The van der Waals surface area contributed by atoms with Crippen molar-refractivity contribution in [3.8, 4) is 0 Å². The van der Waals surface area contributed by atoms with Crippen LogP contribution < -0.4 is 5.73 Å². The third kappa shape index (κ3) is 2.52. The predicted octanol–water partition coefficient (Wildman–Crippen LogP) is 3.24. The van der Waals surface area contributed by atoms with Gasteiger partial charge in [0.2, 0.25) is 0 Å². The fourth-order valence-corrected chi connectivity index (χ4v) is 1.96. The zero-order valence-electron chi connectivity index (χ0n) is 8.08. The van der Waals surface area contributed by atoms with Crippen LogP contribution >= 0.6 is 11.8 Å². The van der Waals surface area contributed by atoms with E-state index in [9.17, 15) is 0 Å².